The van der Waals surface area contributed by atoms with Gasteiger partial charge >= 0.3 is 0 Å². The lowest BCUT2D eigenvalue weighted by molar-refractivity contribution is 1.09. The van der Waals surface area contributed by atoms with Crippen molar-refractivity contribution >= 4 is 0 Å². The Hall–Kier alpha value is -3.12. The molecule has 0 bridgehead atoms. The number of rotatable bonds is 3. The van der Waals surface area contributed by atoms with E-state index in [4.69, 9.17) is 0 Å². The van der Waals surface area contributed by atoms with E-state index in [1.165, 1.54) is 45.4 Å². The molecule has 0 N–H and O–H groups in total. The predicted molar refractivity (Wildman–Crippen MR) is 130 cm³/mol. The molecule has 0 atom stereocenters. The van der Waals surface area contributed by atoms with Crippen LogP contribution in [0.2, 0.25) is 0 Å². The van der Waals surface area contributed by atoms with Crippen molar-refractivity contribution in [1.82, 2.24) is 0 Å². The summed E-state index contributed by atoms with van der Waals surface area (Å²) in [5.41, 5.74) is 8.80. The van der Waals surface area contributed by atoms with Gasteiger partial charge < -0.3 is 0 Å². The van der Waals surface area contributed by atoms with Gasteiger partial charge in [-0.1, -0.05) is 136 Å². The summed E-state index contributed by atoms with van der Waals surface area (Å²) in [6, 6.07) is 36.7. The summed E-state index contributed by atoms with van der Waals surface area (Å²) in [7, 11) is 0. The molecule has 0 nitrogen and oxygen atoms in total. The molecule has 0 aliphatic rings. The van der Waals surface area contributed by atoms with Crippen LogP contribution in [0.4, 0.5) is 0 Å². The van der Waals surface area contributed by atoms with E-state index in [9.17, 15) is 0 Å². The Morgan fingerprint density at radius 1 is 0.414 bits per heavy atom. The average Bonchev–Trinajstić information content (AvgIpc) is 2.76. The van der Waals surface area contributed by atoms with Crippen LogP contribution in [0.5, 0.6) is 0 Å². The summed E-state index contributed by atoms with van der Waals surface area (Å²) < 4.78 is 0. The molecule has 0 aliphatic heterocycles. The van der Waals surface area contributed by atoms with Crippen molar-refractivity contribution in [1.29, 1.82) is 0 Å². The smallest absolute Gasteiger partial charge is 0.0184 e. The highest BCUT2D eigenvalue weighted by Gasteiger charge is 2.02. The van der Waals surface area contributed by atoms with Crippen LogP contribution in [0.1, 0.15) is 33.3 Å². The quantitative estimate of drug-likeness (QED) is 0.332. The highest BCUT2D eigenvalue weighted by molar-refractivity contribution is 5.73. The molecule has 4 aromatic carbocycles. The van der Waals surface area contributed by atoms with Gasteiger partial charge in [-0.05, 0) is 40.3 Å². The average molecular weight is 381 g/mol. The van der Waals surface area contributed by atoms with Gasteiger partial charge in [0.05, 0.1) is 0 Å². The zero-order valence-electron chi connectivity index (χ0n) is 17.0. The third-order valence-corrected chi connectivity index (χ3v) is 4.60. The maximum absolute atomic E-state index is 2.20. The fraction of sp³-hybridized carbons (Fsp3) is 0.172. The van der Waals surface area contributed by atoms with Crippen molar-refractivity contribution in [3.8, 4) is 33.4 Å². The van der Waals surface area contributed by atoms with Gasteiger partial charge in [0.15, 0.2) is 0 Å². The van der Waals surface area contributed by atoms with Crippen LogP contribution in [-0.4, -0.2) is 0 Å². The van der Waals surface area contributed by atoms with Gasteiger partial charge in [-0.25, -0.2) is 0 Å². The first-order valence-corrected chi connectivity index (χ1v) is 10.0. The Bertz CT molecular complexity index is 961. The summed E-state index contributed by atoms with van der Waals surface area (Å²) in [4.78, 5) is 0. The maximum atomic E-state index is 2.20. The predicted octanol–water partition coefficient (Wildman–Crippen LogP) is 9.05. The molecule has 4 aromatic rings. The van der Waals surface area contributed by atoms with Crippen molar-refractivity contribution in [2.45, 2.75) is 34.6 Å². The molecule has 0 unspecified atom stereocenters. The van der Waals surface area contributed by atoms with Crippen LogP contribution < -0.4 is 0 Å². The van der Waals surface area contributed by atoms with Gasteiger partial charge in [0.2, 0.25) is 0 Å². The molecule has 29 heavy (non-hydrogen) atoms. The molecule has 0 saturated heterocycles. The Morgan fingerprint density at radius 2 is 0.655 bits per heavy atom. The van der Waals surface area contributed by atoms with E-state index in [-0.39, 0.29) is 7.43 Å². The zero-order valence-corrected chi connectivity index (χ0v) is 17.0. The van der Waals surface area contributed by atoms with Crippen LogP contribution in [0, 0.1) is 6.92 Å². The first-order valence-electron chi connectivity index (χ1n) is 10.0. The minimum Gasteiger partial charge on any atom is -0.0776 e. The summed E-state index contributed by atoms with van der Waals surface area (Å²) in [6.07, 6.45) is 1.25. The van der Waals surface area contributed by atoms with E-state index in [0.29, 0.717) is 0 Å². The molecule has 4 rings (SSSR count). The van der Waals surface area contributed by atoms with E-state index >= 15 is 0 Å². The maximum Gasteiger partial charge on any atom is -0.0184 e. The number of hydrogen-bond acceptors (Lipinski definition) is 0. The van der Waals surface area contributed by atoms with E-state index < -0.39 is 0 Å². The summed E-state index contributed by atoms with van der Waals surface area (Å²) in [6.45, 7) is 6.37. The second-order valence-corrected chi connectivity index (χ2v) is 7.09. The molecular weight excluding hydrogens is 348 g/mol. The van der Waals surface area contributed by atoms with E-state index in [1.807, 2.05) is 6.07 Å². The van der Waals surface area contributed by atoms with E-state index in [2.05, 4.69) is 118 Å². The van der Waals surface area contributed by atoms with Crippen LogP contribution in [0.15, 0.2) is 103 Å². The van der Waals surface area contributed by atoms with Crippen molar-refractivity contribution < 1.29 is 0 Å². The molecule has 0 aliphatic carbocycles. The van der Waals surface area contributed by atoms with Crippen LogP contribution in [0.3, 0.4) is 0 Å². The molecule has 0 heteroatoms. The molecule has 0 fully saturated rings. The van der Waals surface area contributed by atoms with E-state index in [0.717, 1.165) is 0 Å². The monoisotopic (exact) mass is 380 g/mol. The Balaban J connectivity index is 0.000000708. The molecule has 0 spiro atoms. The first-order chi connectivity index (χ1) is 13.7. The molecule has 148 valence electrons. The third kappa shape index (κ3) is 5.93. The first kappa shape index (κ1) is 22.2. The highest BCUT2D eigenvalue weighted by atomic mass is 14.1. The largest absolute Gasteiger partial charge is 0.0776 e. The van der Waals surface area contributed by atoms with Crippen molar-refractivity contribution in [2.24, 2.45) is 0 Å². The Morgan fingerprint density at radius 3 is 0.966 bits per heavy atom. The molecule has 0 aromatic heterocycles. The zero-order chi connectivity index (χ0) is 19.8. The van der Waals surface area contributed by atoms with Crippen molar-refractivity contribution in [2.75, 3.05) is 0 Å². The van der Waals surface area contributed by atoms with Crippen LogP contribution >= 0.6 is 0 Å². The summed E-state index contributed by atoms with van der Waals surface area (Å²) in [5, 5.41) is 0. The fourth-order valence-corrected chi connectivity index (χ4v) is 3.09. The standard InChI is InChI=1S/C25H20.C3H8.CH4/c1-19-7-9-21(10-8-19)23-15-17-25(18-16-23)24-13-11-22(12-14-24)20-5-3-2-4-6-20;1-3-2;/h2-18H,1H3;3H2,1-2H3;1H4. The Labute approximate surface area is 176 Å². The van der Waals surface area contributed by atoms with Gasteiger partial charge in [0.25, 0.3) is 0 Å². The van der Waals surface area contributed by atoms with Gasteiger partial charge in [-0.2, -0.15) is 0 Å². The Kier molecular flexibility index (Phi) is 8.43. The lowest BCUT2D eigenvalue weighted by Crippen LogP contribution is -1.82. The van der Waals surface area contributed by atoms with Gasteiger partial charge in [0.1, 0.15) is 0 Å². The topological polar surface area (TPSA) is 0 Å². The summed E-state index contributed by atoms with van der Waals surface area (Å²) in [5.74, 6) is 0. The normalized spacial score (nSPS) is 9.76. The molecule has 0 heterocycles. The number of benzene rings is 4. The lowest BCUT2D eigenvalue weighted by atomic mass is 9.98. The van der Waals surface area contributed by atoms with Gasteiger partial charge in [0, 0.05) is 0 Å². The lowest BCUT2D eigenvalue weighted by Gasteiger charge is -2.07. The second-order valence-electron chi connectivity index (χ2n) is 7.09. The molecule has 0 radical (unpaired) electrons. The third-order valence-electron chi connectivity index (χ3n) is 4.60. The van der Waals surface area contributed by atoms with Crippen molar-refractivity contribution in [3.05, 3.63) is 109 Å². The second kappa shape index (κ2) is 11.0. The molecule has 0 amide bonds. The SMILES string of the molecule is C.CCC.Cc1ccc(-c2ccc(-c3ccc(-c4ccccc4)cc3)cc2)cc1. The fourth-order valence-electron chi connectivity index (χ4n) is 3.09. The molecule has 0 saturated carbocycles. The highest BCUT2D eigenvalue weighted by Crippen LogP contribution is 2.27. The van der Waals surface area contributed by atoms with Crippen LogP contribution in [0.25, 0.3) is 33.4 Å². The minimum absolute atomic E-state index is 0. The van der Waals surface area contributed by atoms with Crippen molar-refractivity contribution in [3.63, 3.8) is 0 Å². The molecular formula is C29H32. The summed E-state index contributed by atoms with van der Waals surface area (Å²) >= 11 is 0. The van der Waals surface area contributed by atoms with E-state index in [1.54, 1.807) is 0 Å². The van der Waals surface area contributed by atoms with Crippen LogP contribution in [-0.2, 0) is 0 Å². The van der Waals surface area contributed by atoms with Gasteiger partial charge in [-0.15, -0.1) is 0 Å². The minimum atomic E-state index is 0. The number of hydrogen-bond donors (Lipinski definition) is 0. The number of aryl methyl sites for hydroxylation is 1. The van der Waals surface area contributed by atoms with Gasteiger partial charge in [-0.3, -0.25) is 0 Å².